The van der Waals surface area contributed by atoms with Gasteiger partial charge in [-0.15, -0.1) is 0 Å². The first-order valence-corrected chi connectivity index (χ1v) is 6.07. The SMILES string of the molecule is O=C(O)c1ccc(=O)n(-c2cc(Cl)ccc2Br)c1. The lowest BCUT2D eigenvalue weighted by Crippen LogP contribution is -2.18. The van der Waals surface area contributed by atoms with Crippen LogP contribution in [0.5, 0.6) is 0 Å². The Morgan fingerprint density at radius 1 is 1.28 bits per heavy atom. The predicted octanol–water partition coefficient (Wildman–Crippen LogP) is 2.95. The lowest BCUT2D eigenvalue weighted by molar-refractivity contribution is 0.0696. The maximum Gasteiger partial charge on any atom is 0.337 e. The third-order valence-electron chi connectivity index (χ3n) is 2.33. The molecule has 18 heavy (non-hydrogen) atoms. The molecule has 2 rings (SSSR count). The van der Waals surface area contributed by atoms with E-state index in [1.165, 1.54) is 22.9 Å². The van der Waals surface area contributed by atoms with Crippen LogP contribution in [0.2, 0.25) is 5.02 Å². The molecule has 92 valence electrons. The average Bonchev–Trinajstić information content (AvgIpc) is 2.33. The minimum Gasteiger partial charge on any atom is -0.478 e. The van der Waals surface area contributed by atoms with E-state index in [9.17, 15) is 9.59 Å². The van der Waals surface area contributed by atoms with Crippen LogP contribution in [-0.4, -0.2) is 15.6 Å². The van der Waals surface area contributed by atoms with Gasteiger partial charge in [0.2, 0.25) is 0 Å². The summed E-state index contributed by atoms with van der Waals surface area (Å²) in [6.45, 7) is 0. The summed E-state index contributed by atoms with van der Waals surface area (Å²) >= 11 is 9.17. The summed E-state index contributed by atoms with van der Waals surface area (Å²) in [5, 5.41) is 9.38. The number of hydrogen-bond donors (Lipinski definition) is 1. The van der Waals surface area contributed by atoms with E-state index in [4.69, 9.17) is 16.7 Å². The minimum absolute atomic E-state index is 0.0291. The number of aromatic carboxylic acids is 1. The number of benzene rings is 1. The van der Waals surface area contributed by atoms with Gasteiger partial charge in [0.1, 0.15) is 0 Å². The van der Waals surface area contributed by atoms with E-state index in [-0.39, 0.29) is 11.1 Å². The molecule has 0 saturated carbocycles. The molecule has 0 spiro atoms. The van der Waals surface area contributed by atoms with E-state index in [0.717, 1.165) is 0 Å². The standard InChI is InChI=1S/C12H7BrClNO3/c13-9-3-2-8(14)5-10(9)15-6-7(12(17)18)1-4-11(15)16/h1-6H,(H,17,18). The zero-order valence-corrected chi connectivity index (χ0v) is 11.3. The quantitative estimate of drug-likeness (QED) is 0.922. The van der Waals surface area contributed by atoms with Crippen molar-refractivity contribution in [2.75, 3.05) is 0 Å². The van der Waals surface area contributed by atoms with E-state index >= 15 is 0 Å². The van der Waals surface area contributed by atoms with E-state index in [1.54, 1.807) is 18.2 Å². The second-order valence-electron chi connectivity index (χ2n) is 3.53. The first kappa shape index (κ1) is 12.9. The second kappa shape index (κ2) is 4.96. The third kappa shape index (κ3) is 2.47. The van der Waals surface area contributed by atoms with Crippen LogP contribution in [-0.2, 0) is 0 Å². The highest BCUT2D eigenvalue weighted by atomic mass is 79.9. The number of carboxylic acid groups (broad SMARTS) is 1. The summed E-state index contributed by atoms with van der Waals surface area (Å²) in [6.07, 6.45) is 1.26. The number of aromatic nitrogens is 1. The Morgan fingerprint density at radius 3 is 2.67 bits per heavy atom. The first-order chi connectivity index (χ1) is 8.49. The Morgan fingerprint density at radius 2 is 2.00 bits per heavy atom. The normalized spacial score (nSPS) is 10.3. The number of hydrogen-bond acceptors (Lipinski definition) is 2. The molecule has 0 radical (unpaired) electrons. The average molecular weight is 329 g/mol. The van der Waals surface area contributed by atoms with Gasteiger partial charge in [0.25, 0.3) is 5.56 Å². The van der Waals surface area contributed by atoms with Gasteiger partial charge in [-0.3, -0.25) is 9.36 Å². The molecule has 0 aliphatic rings. The van der Waals surface area contributed by atoms with Crippen molar-refractivity contribution in [1.82, 2.24) is 4.57 Å². The molecule has 2 aromatic rings. The smallest absolute Gasteiger partial charge is 0.337 e. The Balaban J connectivity index is 2.70. The maximum absolute atomic E-state index is 11.8. The van der Waals surface area contributed by atoms with Crippen LogP contribution in [0.1, 0.15) is 10.4 Å². The van der Waals surface area contributed by atoms with Gasteiger partial charge >= 0.3 is 5.97 Å². The summed E-state index contributed by atoms with van der Waals surface area (Å²) in [7, 11) is 0. The molecule has 4 nitrogen and oxygen atoms in total. The van der Waals surface area contributed by atoms with Crippen molar-refractivity contribution in [2.24, 2.45) is 0 Å². The van der Waals surface area contributed by atoms with Crippen molar-refractivity contribution >= 4 is 33.5 Å². The van der Waals surface area contributed by atoms with Crippen LogP contribution >= 0.6 is 27.5 Å². The van der Waals surface area contributed by atoms with Crippen LogP contribution < -0.4 is 5.56 Å². The van der Waals surface area contributed by atoms with Gasteiger partial charge in [0.15, 0.2) is 0 Å². The summed E-state index contributed by atoms with van der Waals surface area (Å²) in [5.41, 5.74) is 0.194. The fourth-order valence-corrected chi connectivity index (χ4v) is 2.08. The van der Waals surface area contributed by atoms with Gasteiger partial charge in [0, 0.05) is 21.8 Å². The molecule has 0 aliphatic heterocycles. The molecule has 0 saturated heterocycles. The fourth-order valence-electron chi connectivity index (χ4n) is 1.47. The van der Waals surface area contributed by atoms with Crippen molar-refractivity contribution in [3.63, 3.8) is 0 Å². The highest BCUT2D eigenvalue weighted by Crippen LogP contribution is 2.23. The molecular weight excluding hydrogens is 321 g/mol. The number of carboxylic acids is 1. The highest BCUT2D eigenvalue weighted by molar-refractivity contribution is 9.10. The van der Waals surface area contributed by atoms with Crippen molar-refractivity contribution < 1.29 is 9.90 Å². The minimum atomic E-state index is -1.10. The molecule has 0 fully saturated rings. The fraction of sp³-hybridized carbons (Fsp3) is 0. The van der Waals surface area contributed by atoms with Crippen molar-refractivity contribution in [2.45, 2.75) is 0 Å². The topological polar surface area (TPSA) is 59.3 Å². The lowest BCUT2D eigenvalue weighted by atomic mass is 10.2. The van der Waals surface area contributed by atoms with Crippen molar-refractivity contribution in [3.8, 4) is 5.69 Å². The van der Waals surface area contributed by atoms with Crippen LogP contribution in [0.15, 0.2) is 45.8 Å². The second-order valence-corrected chi connectivity index (χ2v) is 4.82. The van der Waals surface area contributed by atoms with E-state index < -0.39 is 5.97 Å². The highest BCUT2D eigenvalue weighted by Gasteiger charge is 2.09. The van der Waals surface area contributed by atoms with Crippen molar-refractivity contribution in [3.05, 3.63) is 61.9 Å². The Hall–Kier alpha value is -1.59. The van der Waals surface area contributed by atoms with Gasteiger partial charge in [-0.25, -0.2) is 4.79 Å². The molecule has 1 aromatic carbocycles. The molecular formula is C12H7BrClNO3. The van der Waals surface area contributed by atoms with Gasteiger partial charge < -0.3 is 5.11 Å². The van der Waals surface area contributed by atoms with Gasteiger partial charge in [-0.1, -0.05) is 11.6 Å². The zero-order valence-electron chi connectivity index (χ0n) is 8.93. The number of rotatable bonds is 2. The summed E-state index contributed by atoms with van der Waals surface area (Å²) < 4.78 is 1.89. The number of nitrogens with zero attached hydrogens (tertiary/aromatic N) is 1. The third-order valence-corrected chi connectivity index (χ3v) is 3.23. The first-order valence-electron chi connectivity index (χ1n) is 4.90. The number of carbonyl (C=O) groups is 1. The van der Waals surface area contributed by atoms with Crippen LogP contribution in [0.4, 0.5) is 0 Å². The summed E-state index contributed by atoms with van der Waals surface area (Å²) in [5.74, 6) is -1.10. The predicted molar refractivity (Wildman–Crippen MR) is 71.7 cm³/mol. The van der Waals surface area contributed by atoms with Crippen molar-refractivity contribution in [1.29, 1.82) is 0 Å². The summed E-state index contributed by atoms with van der Waals surface area (Å²) in [6, 6.07) is 7.41. The van der Waals surface area contributed by atoms with Crippen LogP contribution in [0.25, 0.3) is 5.69 Å². The molecule has 0 amide bonds. The van der Waals surface area contributed by atoms with E-state index in [1.807, 2.05) is 0 Å². The number of pyridine rings is 1. The zero-order chi connectivity index (χ0) is 13.3. The maximum atomic E-state index is 11.8. The molecule has 0 aliphatic carbocycles. The molecule has 0 atom stereocenters. The van der Waals surface area contributed by atoms with Gasteiger partial charge in [0.05, 0.1) is 11.3 Å². The van der Waals surface area contributed by atoms with Crippen LogP contribution in [0, 0.1) is 0 Å². The van der Waals surface area contributed by atoms with E-state index in [0.29, 0.717) is 15.2 Å². The molecule has 1 N–H and O–H groups in total. The molecule has 1 heterocycles. The monoisotopic (exact) mass is 327 g/mol. The Bertz CT molecular complexity index is 681. The Kier molecular flexibility index (Phi) is 3.54. The molecule has 1 aromatic heterocycles. The molecule has 0 bridgehead atoms. The van der Waals surface area contributed by atoms with Gasteiger partial charge in [-0.05, 0) is 40.2 Å². The number of halogens is 2. The van der Waals surface area contributed by atoms with Crippen LogP contribution in [0.3, 0.4) is 0 Å². The summed E-state index contributed by atoms with van der Waals surface area (Å²) in [4.78, 5) is 22.7. The lowest BCUT2D eigenvalue weighted by Gasteiger charge is -2.09. The van der Waals surface area contributed by atoms with E-state index in [2.05, 4.69) is 15.9 Å². The molecule has 0 unspecified atom stereocenters. The molecule has 6 heteroatoms. The van der Waals surface area contributed by atoms with Gasteiger partial charge in [-0.2, -0.15) is 0 Å². The largest absolute Gasteiger partial charge is 0.478 e. The Labute approximate surface area is 116 Å².